The number of hydrogen-bond donors (Lipinski definition) is 1. The summed E-state index contributed by atoms with van der Waals surface area (Å²) in [6, 6.07) is 12.7. The highest BCUT2D eigenvalue weighted by Gasteiger charge is 2.43. The summed E-state index contributed by atoms with van der Waals surface area (Å²) in [5.74, 6) is 1.40. The second kappa shape index (κ2) is 8.78. The third-order valence-corrected chi connectivity index (χ3v) is 7.22. The van der Waals surface area contributed by atoms with E-state index in [4.69, 9.17) is 4.42 Å². The molecule has 3 saturated heterocycles. The van der Waals surface area contributed by atoms with E-state index in [2.05, 4.69) is 65.6 Å². The Balaban J connectivity index is 1.19. The van der Waals surface area contributed by atoms with Gasteiger partial charge in [0.2, 0.25) is 5.91 Å². The molecule has 2 bridgehead atoms. The second-order valence-corrected chi connectivity index (χ2v) is 10.5. The number of fused-ring (bicyclic) bond motifs is 3. The van der Waals surface area contributed by atoms with Crippen LogP contribution in [0.3, 0.4) is 0 Å². The van der Waals surface area contributed by atoms with Crippen molar-refractivity contribution in [2.75, 3.05) is 13.1 Å². The number of piperidine rings is 3. The molecule has 6 rings (SSSR count). The van der Waals surface area contributed by atoms with E-state index in [1.54, 1.807) is 6.26 Å². The zero-order valence-electron chi connectivity index (χ0n) is 19.7. The minimum Gasteiger partial charge on any atom is -0.467 e. The number of amides is 1. The SMILES string of the molecule is CC(C)(C)c1ccc(-c2cn(C[C@H]3C[C@@H]4CCN3C[C@@H]4C(=O)NCc3ccco3)nn2)cc1. The van der Waals surface area contributed by atoms with E-state index in [-0.39, 0.29) is 17.2 Å². The highest BCUT2D eigenvalue weighted by Crippen LogP contribution is 2.37. The zero-order valence-corrected chi connectivity index (χ0v) is 19.7. The topological polar surface area (TPSA) is 76.2 Å². The fourth-order valence-electron chi connectivity index (χ4n) is 5.22. The number of rotatable bonds is 6. The number of benzene rings is 1. The Morgan fingerprint density at radius 1 is 1.21 bits per heavy atom. The molecule has 0 radical (unpaired) electrons. The number of nitrogens with zero attached hydrogens (tertiary/aromatic N) is 4. The van der Waals surface area contributed by atoms with Crippen molar-refractivity contribution in [1.82, 2.24) is 25.2 Å². The summed E-state index contributed by atoms with van der Waals surface area (Å²) in [4.78, 5) is 15.2. The molecule has 1 N–H and O–H groups in total. The van der Waals surface area contributed by atoms with Crippen LogP contribution in [0, 0.1) is 11.8 Å². The van der Waals surface area contributed by atoms with Crippen molar-refractivity contribution in [1.29, 1.82) is 0 Å². The normalized spacial score (nSPS) is 24.7. The fourth-order valence-corrected chi connectivity index (χ4v) is 5.22. The predicted octanol–water partition coefficient (Wildman–Crippen LogP) is 3.86. The Morgan fingerprint density at radius 2 is 2.03 bits per heavy atom. The molecule has 1 aromatic carbocycles. The summed E-state index contributed by atoms with van der Waals surface area (Å²) < 4.78 is 7.29. The van der Waals surface area contributed by atoms with Crippen LogP contribution in [0.25, 0.3) is 11.3 Å². The Labute approximate surface area is 195 Å². The van der Waals surface area contributed by atoms with Gasteiger partial charge in [-0.05, 0) is 48.4 Å². The first-order valence-electron chi connectivity index (χ1n) is 11.9. The largest absolute Gasteiger partial charge is 0.467 e. The van der Waals surface area contributed by atoms with Crippen LogP contribution in [0.5, 0.6) is 0 Å². The van der Waals surface area contributed by atoms with Crippen molar-refractivity contribution in [3.05, 3.63) is 60.2 Å². The molecule has 5 heterocycles. The molecule has 1 unspecified atom stereocenters. The molecular weight excluding hydrogens is 414 g/mol. The van der Waals surface area contributed by atoms with Crippen molar-refractivity contribution >= 4 is 5.91 Å². The Kier molecular flexibility index (Phi) is 5.83. The van der Waals surface area contributed by atoms with Gasteiger partial charge in [-0.25, -0.2) is 0 Å². The molecule has 3 aromatic rings. The maximum Gasteiger partial charge on any atom is 0.225 e. The van der Waals surface area contributed by atoms with Crippen LogP contribution in [-0.2, 0) is 23.3 Å². The van der Waals surface area contributed by atoms with Gasteiger partial charge in [0.1, 0.15) is 11.5 Å². The third-order valence-electron chi connectivity index (χ3n) is 7.22. The number of hydrogen-bond acceptors (Lipinski definition) is 5. The van der Waals surface area contributed by atoms with E-state index >= 15 is 0 Å². The highest BCUT2D eigenvalue weighted by atomic mass is 16.3. The van der Waals surface area contributed by atoms with E-state index in [0.717, 1.165) is 49.5 Å². The van der Waals surface area contributed by atoms with Gasteiger partial charge in [-0.15, -0.1) is 5.10 Å². The van der Waals surface area contributed by atoms with E-state index in [1.807, 2.05) is 23.0 Å². The number of carbonyl (C=O) groups is 1. The van der Waals surface area contributed by atoms with E-state index < -0.39 is 0 Å². The lowest BCUT2D eigenvalue weighted by molar-refractivity contribution is -0.133. The van der Waals surface area contributed by atoms with Gasteiger partial charge in [-0.1, -0.05) is 50.3 Å². The predicted molar refractivity (Wildman–Crippen MR) is 126 cm³/mol. The Morgan fingerprint density at radius 3 is 2.70 bits per heavy atom. The molecule has 0 aliphatic carbocycles. The molecule has 4 atom stereocenters. The zero-order chi connectivity index (χ0) is 23.0. The van der Waals surface area contributed by atoms with Crippen LogP contribution in [-0.4, -0.2) is 44.9 Å². The summed E-state index contributed by atoms with van der Waals surface area (Å²) >= 11 is 0. The second-order valence-electron chi connectivity index (χ2n) is 10.5. The third kappa shape index (κ3) is 4.74. The van der Waals surface area contributed by atoms with Gasteiger partial charge in [0, 0.05) is 18.2 Å². The van der Waals surface area contributed by atoms with Crippen LogP contribution >= 0.6 is 0 Å². The van der Waals surface area contributed by atoms with Crippen molar-refractivity contribution < 1.29 is 9.21 Å². The lowest BCUT2D eigenvalue weighted by Crippen LogP contribution is -2.57. The van der Waals surface area contributed by atoms with Gasteiger partial charge in [-0.3, -0.25) is 14.4 Å². The monoisotopic (exact) mass is 447 g/mol. The van der Waals surface area contributed by atoms with Gasteiger partial charge >= 0.3 is 0 Å². The fraction of sp³-hybridized carbons (Fsp3) is 0.500. The lowest BCUT2D eigenvalue weighted by Gasteiger charge is -2.49. The number of aromatic nitrogens is 3. The lowest BCUT2D eigenvalue weighted by atomic mass is 9.75. The molecule has 0 saturated carbocycles. The summed E-state index contributed by atoms with van der Waals surface area (Å²) in [5.41, 5.74) is 3.44. The summed E-state index contributed by atoms with van der Waals surface area (Å²) in [6.45, 7) is 9.79. The van der Waals surface area contributed by atoms with Crippen LogP contribution in [0.4, 0.5) is 0 Å². The Bertz CT molecular complexity index is 1080. The summed E-state index contributed by atoms with van der Waals surface area (Å²) in [7, 11) is 0. The highest BCUT2D eigenvalue weighted by molar-refractivity contribution is 5.79. The van der Waals surface area contributed by atoms with E-state index in [9.17, 15) is 4.79 Å². The maximum atomic E-state index is 12.8. The molecule has 2 aromatic heterocycles. The average Bonchev–Trinajstić information content (AvgIpc) is 3.50. The molecule has 1 amide bonds. The van der Waals surface area contributed by atoms with Crippen LogP contribution < -0.4 is 5.32 Å². The van der Waals surface area contributed by atoms with Crippen LogP contribution in [0.1, 0.15) is 44.9 Å². The first-order valence-corrected chi connectivity index (χ1v) is 11.9. The van der Waals surface area contributed by atoms with E-state index in [1.165, 1.54) is 5.56 Å². The minimum atomic E-state index is 0.0533. The van der Waals surface area contributed by atoms with E-state index in [0.29, 0.717) is 18.5 Å². The minimum absolute atomic E-state index is 0.0533. The molecule has 33 heavy (non-hydrogen) atoms. The van der Waals surface area contributed by atoms with Gasteiger partial charge in [0.05, 0.1) is 31.5 Å². The van der Waals surface area contributed by atoms with Gasteiger partial charge in [-0.2, -0.15) is 0 Å². The van der Waals surface area contributed by atoms with Crippen LogP contribution in [0.2, 0.25) is 0 Å². The van der Waals surface area contributed by atoms with Gasteiger partial charge in [0.25, 0.3) is 0 Å². The quantitative estimate of drug-likeness (QED) is 0.621. The Hall–Kier alpha value is -2.93. The first-order chi connectivity index (χ1) is 15.9. The van der Waals surface area contributed by atoms with Gasteiger partial charge in [0.15, 0.2) is 0 Å². The standard InChI is InChI=1S/C26H33N5O2/c1-26(2,3)20-8-6-18(7-9-20)24-17-31(29-28-24)15-21-13-19-10-11-30(21)16-23(19)25(32)27-14-22-5-4-12-33-22/h4-9,12,17,19,21,23H,10-11,13-16H2,1-3H3,(H,27,32)/t19-,21+,23-/m0/s1. The molecule has 7 heteroatoms. The maximum absolute atomic E-state index is 12.8. The summed E-state index contributed by atoms with van der Waals surface area (Å²) in [5, 5.41) is 11.9. The molecule has 3 aliphatic rings. The first kappa shape index (κ1) is 21.9. The van der Waals surface area contributed by atoms with Crippen molar-refractivity contribution in [3.8, 4) is 11.3 Å². The molecule has 0 spiro atoms. The average molecular weight is 448 g/mol. The number of furan rings is 1. The smallest absolute Gasteiger partial charge is 0.225 e. The van der Waals surface area contributed by atoms with Crippen LogP contribution in [0.15, 0.2) is 53.3 Å². The molecule has 3 fully saturated rings. The molecular formula is C26H33N5O2. The molecule has 3 aliphatic heterocycles. The van der Waals surface area contributed by atoms with Gasteiger partial charge < -0.3 is 9.73 Å². The summed E-state index contributed by atoms with van der Waals surface area (Å²) in [6.07, 6.45) is 5.78. The number of carbonyl (C=O) groups excluding carboxylic acids is 1. The van der Waals surface area contributed by atoms with Crippen molar-refractivity contribution in [2.45, 2.75) is 58.2 Å². The molecule has 7 nitrogen and oxygen atoms in total. The molecule has 174 valence electrons. The number of nitrogens with one attached hydrogen (secondary N) is 1. The van der Waals surface area contributed by atoms with Crippen molar-refractivity contribution in [3.63, 3.8) is 0 Å². The van der Waals surface area contributed by atoms with Crippen molar-refractivity contribution in [2.24, 2.45) is 11.8 Å².